The highest BCUT2D eigenvalue weighted by Gasteiger charge is 2.25. The summed E-state index contributed by atoms with van der Waals surface area (Å²) >= 11 is 0. The van der Waals surface area contributed by atoms with Crippen LogP contribution in [0.1, 0.15) is 47.0 Å². The van der Waals surface area contributed by atoms with E-state index in [0.717, 1.165) is 12.5 Å². The van der Waals surface area contributed by atoms with Crippen LogP contribution in [0.2, 0.25) is 0 Å². The van der Waals surface area contributed by atoms with E-state index in [-0.39, 0.29) is 0 Å². The van der Waals surface area contributed by atoms with Crippen LogP contribution in [0.5, 0.6) is 0 Å². The molecule has 1 saturated heterocycles. The number of hydrogen-bond acceptors (Lipinski definition) is 2. The molecule has 2 unspecified atom stereocenters. The summed E-state index contributed by atoms with van der Waals surface area (Å²) in [7, 11) is 2.26. The molecule has 1 N–H and O–H groups in total. The van der Waals surface area contributed by atoms with Gasteiger partial charge in [0.1, 0.15) is 0 Å². The average Bonchev–Trinajstić information content (AvgIpc) is 2.13. The first-order chi connectivity index (χ1) is 7.40. The van der Waals surface area contributed by atoms with Gasteiger partial charge in [0.25, 0.3) is 0 Å². The van der Waals surface area contributed by atoms with Crippen LogP contribution in [-0.4, -0.2) is 37.6 Å². The lowest BCUT2D eigenvalue weighted by Gasteiger charge is -2.37. The number of nitrogens with zero attached hydrogens (tertiary/aromatic N) is 1. The molecule has 0 radical (unpaired) electrons. The third kappa shape index (κ3) is 5.31. The number of nitrogens with one attached hydrogen (secondary N) is 1. The minimum atomic E-state index is 0.399. The van der Waals surface area contributed by atoms with Crippen LogP contribution in [0.25, 0.3) is 0 Å². The number of likely N-dealkylation sites (N-methyl/N-ethyl adjacent to an activating group) is 1. The molecule has 0 aromatic rings. The molecule has 1 aliphatic rings. The summed E-state index contributed by atoms with van der Waals surface area (Å²) in [6.45, 7) is 12.8. The van der Waals surface area contributed by atoms with Crippen molar-refractivity contribution >= 4 is 0 Å². The monoisotopic (exact) mass is 226 g/mol. The highest BCUT2D eigenvalue weighted by molar-refractivity contribution is 4.83. The summed E-state index contributed by atoms with van der Waals surface area (Å²) in [5, 5.41) is 3.74. The molecule has 2 heteroatoms. The Morgan fingerprint density at radius 3 is 2.50 bits per heavy atom. The van der Waals surface area contributed by atoms with Gasteiger partial charge in [-0.05, 0) is 31.2 Å². The van der Waals surface area contributed by atoms with Crippen LogP contribution in [0.3, 0.4) is 0 Å². The van der Waals surface area contributed by atoms with E-state index in [9.17, 15) is 0 Å². The second-order valence-electron chi connectivity index (χ2n) is 6.75. The topological polar surface area (TPSA) is 15.3 Å². The van der Waals surface area contributed by atoms with E-state index < -0.39 is 0 Å². The summed E-state index contributed by atoms with van der Waals surface area (Å²) in [6.07, 6.45) is 4.08. The van der Waals surface area contributed by atoms with Gasteiger partial charge in [-0.15, -0.1) is 0 Å². The molecule has 0 aromatic carbocycles. The van der Waals surface area contributed by atoms with Crippen LogP contribution in [0.4, 0.5) is 0 Å². The smallest absolute Gasteiger partial charge is 0.0198 e. The molecule has 1 fully saturated rings. The van der Waals surface area contributed by atoms with Crippen LogP contribution in [0.15, 0.2) is 0 Å². The Hall–Kier alpha value is -0.0800. The lowest BCUT2D eigenvalue weighted by molar-refractivity contribution is 0.155. The second kappa shape index (κ2) is 6.02. The van der Waals surface area contributed by atoms with Gasteiger partial charge in [-0.1, -0.05) is 34.1 Å². The molecule has 0 spiro atoms. The van der Waals surface area contributed by atoms with Crippen LogP contribution in [0, 0.1) is 11.3 Å². The van der Waals surface area contributed by atoms with Crippen LogP contribution < -0.4 is 5.32 Å². The Bertz CT molecular complexity index is 195. The summed E-state index contributed by atoms with van der Waals surface area (Å²) < 4.78 is 0. The van der Waals surface area contributed by atoms with Gasteiger partial charge < -0.3 is 10.2 Å². The van der Waals surface area contributed by atoms with Gasteiger partial charge >= 0.3 is 0 Å². The molecule has 0 aliphatic carbocycles. The minimum Gasteiger partial charge on any atom is -0.312 e. The van der Waals surface area contributed by atoms with Gasteiger partial charge in [-0.25, -0.2) is 0 Å². The number of piperidine rings is 1. The molecule has 0 amide bonds. The molecule has 0 aromatic heterocycles. The Kier molecular flexibility index (Phi) is 5.26. The fraction of sp³-hybridized carbons (Fsp3) is 1.00. The van der Waals surface area contributed by atoms with Gasteiger partial charge in [0, 0.05) is 25.7 Å². The number of hydrogen-bond donors (Lipinski definition) is 1. The van der Waals surface area contributed by atoms with E-state index in [2.05, 4.69) is 45.0 Å². The lowest BCUT2D eigenvalue weighted by atomic mass is 9.89. The van der Waals surface area contributed by atoms with Gasteiger partial charge in [-0.2, -0.15) is 0 Å². The molecule has 0 saturated carbocycles. The Labute approximate surface area is 102 Å². The number of rotatable bonds is 4. The first kappa shape index (κ1) is 14.0. The fourth-order valence-corrected chi connectivity index (χ4v) is 2.66. The Balaban J connectivity index is 2.35. The summed E-state index contributed by atoms with van der Waals surface area (Å²) in [5.74, 6) is 0.904. The zero-order valence-corrected chi connectivity index (χ0v) is 11.8. The molecule has 0 bridgehead atoms. The van der Waals surface area contributed by atoms with E-state index in [1.807, 2.05) is 0 Å². The molecule has 96 valence electrons. The molecule has 1 heterocycles. The lowest BCUT2D eigenvalue weighted by Crippen LogP contribution is -2.49. The van der Waals surface area contributed by atoms with E-state index in [1.54, 1.807) is 0 Å². The van der Waals surface area contributed by atoms with Crippen molar-refractivity contribution in [2.45, 2.75) is 53.0 Å². The van der Waals surface area contributed by atoms with Crippen molar-refractivity contribution < 1.29 is 0 Å². The van der Waals surface area contributed by atoms with Crippen molar-refractivity contribution in [3.63, 3.8) is 0 Å². The quantitative estimate of drug-likeness (QED) is 0.793. The van der Waals surface area contributed by atoms with Crippen molar-refractivity contribution in [1.29, 1.82) is 0 Å². The highest BCUT2D eigenvalue weighted by atomic mass is 15.1. The fourth-order valence-electron chi connectivity index (χ4n) is 2.66. The van der Waals surface area contributed by atoms with Crippen LogP contribution in [-0.2, 0) is 0 Å². The van der Waals surface area contributed by atoms with E-state index >= 15 is 0 Å². The van der Waals surface area contributed by atoms with E-state index in [4.69, 9.17) is 0 Å². The van der Waals surface area contributed by atoms with E-state index in [1.165, 1.54) is 32.4 Å². The molecular weight excluding hydrogens is 196 g/mol. The predicted molar refractivity (Wildman–Crippen MR) is 71.8 cm³/mol. The first-order valence-electron chi connectivity index (χ1n) is 6.82. The zero-order chi connectivity index (χ0) is 12.2. The average molecular weight is 226 g/mol. The third-order valence-electron chi connectivity index (χ3n) is 3.34. The predicted octanol–water partition coefficient (Wildman–Crippen LogP) is 2.74. The first-order valence-corrected chi connectivity index (χ1v) is 6.82. The standard InChI is InChI=1S/C14H30N2/c1-6-7-12-8-13(10-16(5)9-12)15-11-14(2,3)4/h12-13,15H,6-11H2,1-5H3. The molecule has 16 heavy (non-hydrogen) atoms. The van der Waals surface area contributed by atoms with Gasteiger partial charge in [0.05, 0.1) is 0 Å². The third-order valence-corrected chi connectivity index (χ3v) is 3.34. The van der Waals surface area contributed by atoms with Crippen molar-refractivity contribution in [2.24, 2.45) is 11.3 Å². The second-order valence-corrected chi connectivity index (χ2v) is 6.75. The molecule has 2 atom stereocenters. The zero-order valence-electron chi connectivity index (χ0n) is 11.8. The van der Waals surface area contributed by atoms with Crippen molar-refractivity contribution in [2.75, 3.05) is 26.7 Å². The maximum Gasteiger partial charge on any atom is 0.0198 e. The van der Waals surface area contributed by atoms with Crippen molar-refractivity contribution in [3.8, 4) is 0 Å². The summed E-state index contributed by atoms with van der Waals surface area (Å²) in [5.41, 5.74) is 0.399. The molecule has 1 rings (SSSR count). The van der Waals surface area contributed by atoms with Gasteiger partial charge in [0.2, 0.25) is 0 Å². The van der Waals surface area contributed by atoms with Crippen LogP contribution >= 0.6 is 0 Å². The Morgan fingerprint density at radius 2 is 1.94 bits per heavy atom. The maximum absolute atomic E-state index is 3.74. The van der Waals surface area contributed by atoms with Crippen molar-refractivity contribution in [3.05, 3.63) is 0 Å². The molecule has 1 aliphatic heterocycles. The van der Waals surface area contributed by atoms with E-state index in [0.29, 0.717) is 11.5 Å². The number of likely N-dealkylation sites (tertiary alicyclic amines) is 1. The minimum absolute atomic E-state index is 0.399. The van der Waals surface area contributed by atoms with Crippen molar-refractivity contribution in [1.82, 2.24) is 10.2 Å². The summed E-state index contributed by atoms with van der Waals surface area (Å²) in [6, 6.07) is 0.703. The van der Waals surface area contributed by atoms with Gasteiger partial charge in [-0.3, -0.25) is 0 Å². The molecular formula is C14H30N2. The largest absolute Gasteiger partial charge is 0.312 e. The highest BCUT2D eigenvalue weighted by Crippen LogP contribution is 2.21. The maximum atomic E-state index is 3.74. The SMILES string of the molecule is CCCC1CC(NCC(C)(C)C)CN(C)C1. The Morgan fingerprint density at radius 1 is 1.25 bits per heavy atom. The normalized spacial score (nSPS) is 28.3. The molecule has 2 nitrogen and oxygen atoms in total. The van der Waals surface area contributed by atoms with Gasteiger partial charge in [0.15, 0.2) is 0 Å². The summed E-state index contributed by atoms with van der Waals surface area (Å²) in [4.78, 5) is 2.49.